The number of nitrogens with one attached hydrogen (secondary N) is 2. The molecule has 0 saturated carbocycles. The maximum Gasteiger partial charge on any atom is 0.274 e. The first kappa shape index (κ1) is 20.4. The second-order valence-corrected chi connectivity index (χ2v) is 7.11. The van der Waals surface area contributed by atoms with Crippen molar-refractivity contribution in [2.45, 2.75) is 0 Å². The van der Waals surface area contributed by atoms with E-state index in [-0.39, 0.29) is 21.3 Å². The zero-order chi connectivity index (χ0) is 20.3. The zero-order valence-corrected chi connectivity index (χ0v) is 17.0. The van der Waals surface area contributed by atoms with Crippen molar-refractivity contribution < 1.29 is 9.59 Å². The molecule has 28 heavy (non-hydrogen) atoms. The van der Waals surface area contributed by atoms with Crippen LogP contribution < -0.4 is 10.6 Å². The monoisotopic (exact) mass is 453 g/mol. The van der Waals surface area contributed by atoms with Crippen LogP contribution in [-0.4, -0.2) is 16.8 Å². The zero-order valence-electron chi connectivity index (χ0n) is 14.0. The van der Waals surface area contributed by atoms with E-state index in [1.807, 2.05) is 0 Å². The van der Waals surface area contributed by atoms with Gasteiger partial charge in [-0.05, 0) is 36.4 Å². The topological polar surface area (TPSA) is 71.1 Å². The maximum atomic E-state index is 12.3. The minimum atomic E-state index is -0.492. The quantitative estimate of drug-likeness (QED) is 0.492. The van der Waals surface area contributed by atoms with E-state index in [0.29, 0.717) is 21.4 Å². The van der Waals surface area contributed by atoms with Crippen molar-refractivity contribution in [2.75, 3.05) is 10.6 Å². The highest BCUT2D eigenvalue weighted by Crippen LogP contribution is 2.30. The van der Waals surface area contributed by atoms with Crippen molar-refractivity contribution in [3.63, 3.8) is 0 Å². The number of amides is 2. The molecule has 0 radical (unpaired) electrons. The molecule has 2 amide bonds. The van der Waals surface area contributed by atoms with Gasteiger partial charge in [0, 0.05) is 6.20 Å². The highest BCUT2D eigenvalue weighted by Gasteiger charge is 2.14. The van der Waals surface area contributed by atoms with Gasteiger partial charge in [-0.3, -0.25) is 14.6 Å². The van der Waals surface area contributed by atoms with Crippen molar-refractivity contribution in [3.05, 3.63) is 86.1 Å². The van der Waals surface area contributed by atoms with Crippen LogP contribution >= 0.6 is 46.4 Å². The van der Waals surface area contributed by atoms with Gasteiger partial charge in [0.2, 0.25) is 0 Å². The smallest absolute Gasteiger partial charge is 0.274 e. The standard InChI is InChI=1S/C19H11Cl4N3O2/c20-11-3-1-5-13(16(11)22)25-18(27)10-7-8-15(24-9-10)19(28)26-14-6-2-4-12(21)17(14)23/h1-9H,(H,25,27)(H,26,28). The summed E-state index contributed by atoms with van der Waals surface area (Å²) in [5, 5.41) is 6.37. The van der Waals surface area contributed by atoms with Crippen molar-refractivity contribution in [1.29, 1.82) is 0 Å². The normalized spacial score (nSPS) is 10.4. The molecular weight excluding hydrogens is 444 g/mol. The highest BCUT2D eigenvalue weighted by molar-refractivity contribution is 6.44. The van der Waals surface area contributed by atoms with Crippen LogP contribution in [0.15, 0.2) is 54.7 Å². The summed E-state index contributed by atoms with van der Waals surface area (Å²) < 4.78 is 0. The summed E-state index contributed by atoms with van der Waals surface area (Å²) in [5.74, 6) is -0.935. The number of carbonyl (C=O) groups is 2. The third-order valence-corrected chi connectivity index (χ3v) is 5.30. The Balaban J connectivity index is 1.72. The number of anilines is 2. The molecule has 0 aliphatic heterocycles. The number of halogens is 4. The minimum absolute atomic E-state index is 0.105. The molecule has 0 saturated heterocycles. The third kappa shape index (κ3) is 4.56. The number of pyridine rings is 1. The molecule has 0 aliphatic rings. The Morgan fingerprint density at radius 3 is 1.75 bits per heavy atom. The molecule has 0 unspecified atom stereocenters. The first-order chi connectivity index (χ1) is 13.4. The van der Waals surface area contributed by atoms with Crippen LogP contribution in [0.3, 0.4) is 0 Å². The second kappa shape index (κ2) is 8.80. The van der Waals surface area contributed by atoms with Gasteiger partial charge in [-0.15, -0.1) is 0 Å². The van der Waals surface area contributed by atoms with Crippen LogP contribution in [0, 0.1) is 0 Å². The largest absolute Gasteiger partial charge is 0.321 e. The van der Waals surface area contributed by atoms with Gasteiger partial charge in [-0.1, -0.05) is 58.5 Å². The predicted octanol–water partition coefficient (Wildman–Crippen LogP) is 6.20. The average molecular weight is 455 g/mol. The van der Waals surface area contributed by atoms with Gasteiger partial charge in [-0.25, -0.2) is 0 Å². The summed E-state index contributed by atoms with van der Waals surface area (Å²) >= 11 is 24.0. The van der Waals surface area contributed by atoms with E-state index in [0.717, 1.165) is 0 Å². The summed E-state index contributed by atoms with van der Waals surface area (Å²) in [6.07, 6.45) is 1.28. The fourth-order valence-corrected chi connectivity index (χ4v) is 2.94. The van der Waals surface area contributed by atoms with Gasteiger partial charge in [0.15, 0.2) is 0 Å². The van der Waals surface area contributed by atoms with E-state index in [1.54, 1.807) is 36.4 Å². The van der Waals surface area contributed by atoms with Crippen LogP contribution in [0.25, 0.3) is 0 Å². The molecule has 0 bridgehead atoms. The molecule has 3 aromatic rings. The van der Waals surface area contributed by atoms with Gasteiger partial charge < -0.3 is 10.6 Å². The van der Waals surface area contributed by atoms with Crippen molar-refractivity contribution in [1.82, 2.24) is 4.98 Å². The van der Waals surface area contributed by atoms with E-state index >= 15 is 0 Å². The molecule has 9 heteroatoms. The first-order valence-electron chi connectivity index (χ1n) is 7.83. The van der Waals surface area contributed by atoms with Gasteiger partial charge in [0.05, 0.1) is 37.0 Å². The van der Waals surface area contributed by atoms with Crippen LogP contribution in [0.2, 0.25) is 20.1 Å². The molecule has 2 N–H and O–H groups in total. The molecule has 142 valence electrons. The van der Waals surface area contributed by atoms with E-state index < -0.39 is 11.8 Å². The fourth-order valence-electron chi connectivity index (χ4n) is 2.24. The lowest BCUT2D eigenvalue weighted by molar-refractivity contribution is 0.101. The van der Waals surface area contributed by atoms with Gasteiger partial charge in [0.25, 0.3) is 11.8 Å². The Kier molecular flexibility index (Phi) is 6.42. The number of carbonyl (C=O) groups excluding carboxylic acids is 2. The van der Waals surface area contributed by atoms with Crippen LogP contribution in [0.4, 0.5) is 11.4 Å². The van der Waals surface area contributed by atoms with Gasteiger partial charge >= 0.3 is 0 Å². The maximum absolute atomic E-state index is 12.3. The highest BCUT2D eigenvalue weighted by atomic mass is 35.5. The second-order valence-electron chi connectivity index (χ2n) is 5.54. The van der Waals surface area contributed by atoms with Crippen molar-refractivity contribution in [3.8, 4) is 0 Å². The Hall–Kier alpha value is -2.31. The van der Waals surface area contributed by atoms with Gasteiger partial charge in [-0.2, -0.15) is 0 Å². The van der Waals surface area contributed by atoms with E-state index in [2.05, 4.69) is 15.6 Å². The van der Waals surface area contributed by atoms with Gasteiger partial charge in [0.1, 0.15) is 5.69 Å². The number of hydrogen-bond acceptors (Lipinski definition) is 3. The minimum Gasteiger partial charge on any atom is -0.321 e. The van der Waals surface area contributed by atoms with E-state index in [9.17, 15) is 9.59 Å². The van der Waals surface area contributed by atoms with E-state index in [4.69, 9.17) is 46.4 Å². The average Bonchev–Trinajstić information content (AvgIpc) is 2.69. The molecule has 3 rings (SSSR count). The fraction of sp³-hybridized carbons (Fsp3) is 0. The summed E-state index contributed by atoms with van der Waals surface area (Å²) in [6.45, 7) is 0. The Morgan fingerprint density at radius 2 is 1.25 bits per heavy atom. The lowest BCUT2D eigenvalue weighted by Crippen LogP contribution is -2.16. The molecule has 2 aromatic carbocycles. The lowest BCUT2D eigenvalue weighted by atomic mass is 10.2. The summed E-state index contributed by atoms with van der Waals surface area (Å²) in [6, 6.07) is 12.7. The Morgan fingerprint density at radius 1 is 0.714 bits per heavy atom. The molecule has 1 heterocycles. The molecule has 0 atom stereocenters. The molecule has 5 nitrogen and oxygen atoms in total. The summed E-state index contributed by atoms with van der Waals surface area (Å²) in [7, 11) is 0. The SMILES string of the molecule is O=C(Nc1cccc(Cl)c1Cl)c1ccc(C(=O)Nc2cccc(Cl)c2Cl)nc1. The summed E-state index contributed by atoms with van der Waals surface area (Å²) in [5.41, 5.74) is 1.08. The van der Waals surface area contributed by atoms with Crippen LogP contribution in [0.5, 0.6) is 0 Å². The molecule has 0 fully saturated rings. The number of rotatable bonds is 4. The summed E-state index contributed by atoms with van der Waals surface area (Å²) in [4.78, 5) is 28.7. The van der Waals surface area contributed by atoms with Crippen molar-refractivity contribution >= 4 is 69.6 Å². The third-order valence-electron chi connectivity index (χ3n) is 3.66. The Bertz CT molecular complexity index is 971. The van der Waals surface area contributed by atoms with Crippen LogP contribution in [0.1, 0.15) is 20.8 Å². The van der Waals surface area contributed by atoms with E-state index in [1.165, 1.54) is 18.3 Å². The predicted molar refractivity (Wildman–Crippen MR) is 113 cm³/mol. The number of aromatic nitrogens is 1. The molecule has 0 spiro atoms. The number of hydrogen-bond donors (Lipinski definition) is 2. The first-order valence-corrected chi connectivity index (χ1v) is 9.35. The van der Waals surface area contributed by atoms with Crippen molar-refractivity contribution in [2.24, 2.45) is 0 Å². The molecule has 0 aliphatic carbocycles. The lowest BCUT2D eigenvalue weighted by Gasteiger charge is -2.09. The van der Waals surface area contributed by atoms with Crippen LogP contribution in [-0.2, 0) is 0 Å². The number of nitrogens with zero attached hydrogens (tertiary/aromatic N) is 1. The Labute approximate surface area is 180 Å². The molecule has 1 aromatic heterocycles. The number of benzene rings is 2. The molecular formula is C19H11Cl4N3O2.